The molecule has 0 aromatic carbocycles. The van der Waals surface area contributed by atoms with Crippen molar-refractivity contribution < 1.29 is 19.2 Å². The Kier molecular flexibility index (Phi) is 7.52. The summed E-state index contributed by atoms with van der Waals surface area (Å²) in [5, 5.41) is 13.8. The fourth-order valence-electron chi connectivity index (χ4n) is 6.99. The number of nitrogens with zero attached hydrogens (tertiary/aromatic N) is 7. The molecule has 3 aliphatic heterocycles. The summed E-state index contributed by atoms with van der Waals surface area (Å²) in [4.78, 5) is 33.8. The summed E-state index contributed by atoms with van der Waals surface area (Å²) >= 11 is 0. The first kappa shape index (κ1) is 28.1. The number of likely N-dealkylation sites (N-methyl/N-ethyl adjacent to an activating group) is 1. The Morgan fingerprint density at radius 3 is 2.71 bits per heavy atom. The number of likely N-dealkylation sites (tertiary alicyclic amines) is 1. The topological polar surface area (TPSA) is 121 Å². The number of hydrogen-bond acceptors (Lipinski definition) is 10. The summed E-state index contributed by atoms with van der Waals surface area (Å²) in [6.07, 6.45) is 11.7. The van der Waals surface area contributed by atoms with Gasteiger partial charge in [0.25, 0.3) is 5.89 Å². The van der Waals surface area contributed by atoms with Crippen LogP contribution in [0.5, 0.6) is 6.01 Å². The maximum Gasteiger partial charge on any atom is 0.318 e. The van der Waals surface area contributed by atoms with Gasteiger partial charge in [-0.2, -0.15) is 15.0 Å². The highest BCUT2D eigenvalue weighted by atomic mass is 16.5. The lowest BCUT2D eigenvalue weighted by molar-refractivity contribution is -0.124. The number of hydrogen-bond donors (Lipinski definition) is 1. The van der Waals surface area contributed by atoms with Crippen molar-refractivity contribution in [1.29, 1.82) is 0 Å². The van der Waals surface area contributed by atoms with Crippen molar-refractivity contribution in [2.45, 2.75) is 89.3 Å². The summed E-state index contributed by atoms with van der Waals surface area (Å²) < 4.78 is 11.6. The van der Waals surface area contributed by atoms with Crippen molar-refractivity contribution in [3.63, 3.8) is 0 Å². The number of anilines is 1. The molecule has 5 heterocycles. The Bertz CT molecular complexity index is 1290. The van der Waals surface area contributed by atoms with Gasteiger partial charge in [0.1, 0.15) is 18.0 Å². The quantitative estimate of drug-likeness (QED) is 0.478. The minimum absolute atomic E-state index is 0.108. The van der Waals surface area contributed by atoms with Crippen molar-refractivity contribution >= 4 is 17.8 Å². The van der Waals surface area contributed by atoms with Crippen molar-refractivity contribution in [2.24, 2.45) is 5.92 Å². The summed E-state index contributed by atoms with van der Waals surface area (Å²) in [6, 6.07) is 0.632. The molecule has 1 aliphatic carbocycles. The molecule has 0 radical (unpaired) electrons. The fraction of sp³-hybridized carbons (Fsp3) is 0.700. The van der Waals surface area contributed by atoms with Gasteiger partial charge in [-0.25, -0.2) is 0 Å². The molecule has 1 amide bonds. The third-order valence-corrected chi connectivity index (χ3v) is 9.47. The molecule has 0 bridgehead atoms. The Morgan fingerprint density at radius 2 is 1.98 bits per heavy atom. The summed E-state index contributed by atoms with van der Waals surface area (Å²) in [5.41, 5.74) is 1.28. The second-order valence-electron chi connectivity index (χ2n) is 13.0. The molecule has 41 heavy (non-hydrogen) atoms. The smallest absolute Gasteiger partial charge is 0.318 e. The standard InChI is InChI=1S/C30H43N7O4/c1-20-7-8-23-22(17-20)26(33-28(31-23)40-19-30-12-5-14-37(30)15-6-13-30)35(4)21-11-16-36(18-21)25(38)10-9-24-32-27(34-41-24)29(2,3)39/h9-10,20-21,39H,5-8,11-19H2,1-4H3/b10-9+. The number of amides is 1. The molecule has 222 valence electrons. The van der Waals surface area contributed by atoms with E-state index in [1.807, 2.05) is 4.90 Å². The number of ether oxygens (including phenoxy) is 1. The number of fused-ring (bicyclic) bond motifs is 2. The van der Waals surface area contributed by atoms with Crippen molar-refractivity contribution in [2.75, 3.05) is 44.7 Å². The lowest BCUT2D eigenvalue weighted by atomic mass is 9.88. The molecule has 4 aliphatic rings. The Morgan fingerprint density at radius 1 is 1.20 bits per heavy atom. The van der Waals surface area contributed by atoms with E-state index in [2.05, 4.69) is 33.9 Å². The lowest BCUT2D eigenvalue weighted by Crippen LogP contribution is -2.43. The van der Waals surface area contributed by atoms with Crippen molar-refractivity contribution in [3.8, 4) is 6.01 Å². The van der Waals surface area contributed by atoms with E-state index in [1.165, 1.54) is 56.5 Å². The highest BCUT2D eigenvalue weighted by Gasteiger charge is 2.45. The third-order valence-electron chi connectivity index (χ3n) is 9.47. The number of aryl methyl sites for hydroxylation is 1. The van der Waals surface area contributed by atoms with Crippen molar-refractivity contribution in [1.82, 2.24) is 29.9 Å². The normalized spacial score (nSPS) is 24.2. The van der Waals surface area contributed by atoms with Crippen LogP contribution in [0.15, 0.2) is 10.6 Å². The van der Waals surface area contributed by atoms with Gasteiger partial charge in [0.2, 0.25) is 11.7 Å². The van der Waals surface area contributed by atoms with Crippen LogP contribution in [-0.4, -0.2) is 92.3 Å². The Hall–Kier alpha value is -3.05. The zero-order chi connectivity index (χ0) is 28.8. The average Bonchev–Trinajstić information content (AvgIpc) is 3.73. The van der Waals surface area contributed by atoms with Crippen LogP contribution in [0.3, 0.4) is 0 Å². The molecule has 2 unspecified atom stereocenters. The second-order valence-corrected chi connectivity index (χ2v) is 13.0. The first-order valence-electron chi connectivity index (χ1n) is 15.2. The minimum atomic E-state index is -1.21. The van der Waals surface area contributed by atoms with Gasteiger partial charge >= 0.3 is 6.01 Å². The summed E-state index contributed by atoms with van der Waals surface area (Å²) in [6.45, 7) is 9.71. The number of carbonyl (C=O) groups excluding carboxylic acids is 1. The van der Waals surface area contributed by atoms with Crippen LogP contribution < -0.4 is 9.64 Å². The lowest BCUT2D eigenvalue weighted by Gasteiger charge is -2.33. The first-order valence-corrected chi connectivity index (χ1v) is 15.2. The van der Waals surface area contributed by atoms with Gasteiger partial charge in [0.15, 0.2) is 0 Å². The molecule has 3 fully saturated rings. The van der Waals surface area contributed by atoms with E-state index in [9.17, 15) is 9.90 Å². The van der Waals surface area contributed by atoms with E-state index in [0.717, 1.165) is 37.2 Å². The van der Waals surface area contributed by atoms with Gasteiger partial charge in [-0.15, -0.1) is 0 Å². The minimum Gasteiger partial charge on any atom is -0.461 e. The highest BCUT2D eigenvalue weighted by molar-refractivity contribution is 5.91. The predicted octanol–water partition coefficient (Wildman–Crippen LogP) is 2.97. The van der Waals surface area contributed by atoms with Crippen molar-refractivity contribution in [3.05, 3.63) is 29.0 Å². The van der Waals surface area contributed by atoms with Crippen LogP contribution in [-0.2, 0) is 23.2 Å². The number of aliphatic hydroxyl groups is 1. The molecule has 6 rings (SSSR count). The van der Waals surface area contributed by atoms with Crippen LogP contribution in [0.25, 0.3) is 6.08 Å². The number of aromatic nitrogens is 4. The van der Waals surface area contributed by atoms with Gasteiger partial charge in [-0.1, -0.05) is 12.1 Å². The molecular weight excluding hydrogens is 522 g/mol. The largest absolute Gasteiger partial charge is 0.461 e. The predicted molar refractivity (Wildman–Crippen MR) is 153 cm³/mol. The maximum atomic E-state index is 13.0. The van der Waals surface area contributed by atoms with Crippen LogP contribution in [0, 0.1) is 5.92 Å². The number of carbonyl (C=O) groups is 1. The van der Waals surface area contributed by atoms with E-state index in [0.29, 0.717) is 31.6 Å². The summed E-state index contributed by atoms with van der Waals surface area (Å²) in [7, 11) is 2.09. The molecule has 2 aromatic heterocycles. The van der Waals surface area contributed by atoms with E-state index in [4.69, 9.17) is 19.2 Å². The molecule has 2 atom stereocenters. The van der Waals surface area contributed by atoms with Crippen LogP contribution in [0.1, 0.15) is 82.3 Å². The van der Waals surface area contributed by atoms with Gasteiger partial charge in [-0.05, 0) is 84.2 Å². The van der Waals surface area contributed by atoms with Gasteiger partial charge in [0.05, 0.1) is 11.2 Å². The van der Waals surface area contributed by atoms with Crippen LogP contribution in [0.4, 0.5) is 5.82 Å². The Labute approximate surface area is 242 Å². The molecule has 0 spiro atoms. The maximum absolute atomic E-state index is 13.0. The molecule has 2 aromatic rings. The zero-order valence-electron chi connectivity index (χ0n) is 24.8. The molecule has 11 heteroatoms. The molecule has 11 nitrogen and oxygen atoms in total. The number of rotatable bonds is 8. The molecule has 0 saturated carbocycles. The molecule has 1 N–H and O–H groups in total. The molecule has 3 saturated heterocycles. The van der Waals surface area contributed by atoms with Crippen LogP contribution in [0.2, 0.25) is 0 Å². The first-order chi connectivity index (χ1) is 19.6. The zero-order valence-corrected chi connectivity index (χ0v) is 24.8. The van der Waals surface area contributed by atoms with Crippen LogP contribution >= 0.6 is 0 Å². The van der Waals surface area contributed by atoms with E-state index >= 15 is 0 Å². The highest BCUT2D eigenvalue weighted by Crippen LogP contribution is 2.39. The molecular formula is C30H43N7O4. The van der Waals surface area contributed by atoms with E-state index in [-0.39, 0.29) is 29.2 Å². The van der Waals surface area contributed by atoms with E-state index in [1.54, 1.807) is 13.8 Å². The van der Waals surface area contributed by atoms with Gasteiger partial charge in [-0.3, -0.25) is 9.69 Å². The average molecular weight is 566 g/mol. The third kappa shape index (κ3) is 5.70. The Balaban J connectivity index is 1.15. The SMILES string of the molecule is CC1CCc2nc(OCC34CCCN3CCC4)nc(N(C)C3CCN(C(=O)/C=C/c4nc(C(C)(C)O)no4)C3)c2C1. The monoisotopic (exact) mass is 565 g/mol. The summed E-state index contributed by atoms with van der Waals surface area (Å²) in [5.74, 6) is 1.80. The van der Waals surface area contributed by atoms with Gasteiger partial charge < -0.3 is 24.2 Å². The van der Waals surface area contributed by atoms with E-state index < -0.39 is 5.60 Å². The second kappa shape index (κ2) is 11.0. The van der Waals surface area contributed by atoms with Gasteiger partial charge in [0, 0.05) is 43.9 Å². The fourth-order valence-corrected chi connectivity index (χ4v) is 6.99.